The number of hydrogen-bond donors (Lipinski definition) is 0. The normalized spacial score (nSPS) is 15.6. The maximum Gasteiger partial charge on any atom is 0.269 e. The molecule has 0 atom stereocenters. The summed E-state index contributed by atoms with van der Waals surface area (Å²) in [5.41, 5.74) is 3.27. The highest BCUT2D eigenvalue weighted by Gasteiger charge is 2.19. The molecule has 6 nitrogen and oxygen atoms in total. The van der Waals surface area contributed by atoms with Crippen LogP contribution in [0, 0.1) is 24.0 Å². The van der Waals surface area contributed by atoms with Crippen molar-refractivity contribution < 1.29 is 4.92 Å². The van der Waals surface area contributed by atoms with Crippen molar-refractivity contribution >= 4 is 27.8 Å². The van der Waals surface area contributed by atoms with Crippen molar-refractivity contribution in [2.75, 3.05) is 36.0 Å². The topological polar surface area (TPSA) is 62.5 Å². The van der Waals surface area contributed by atoms with Crippen molar-refractivity contribution in [3.8, 4) is 0 Å². The van der Waals surface area contributed by atoms with E-state index >= 15 is 0 Å². The molecule has 0 unspecified atom stereocenters. The van der Waals surface area contributed by atoms with Gasteiger partial charge in [-0.25, -0.2) is 4.98 Å². The molecule has 0 spiro atoms. The second-order valence-electron chi connectivity index (χ2n) is 5.83. The molecule has 0 radical (unpaired) electrons. The fourth-order valence-corrected chi connectivity index (χ4v) is 3.80. The van der Waals surface area contributed by atoms with Crippen LogP contribution in [0.2, 0.25) is 0 Å². The molecule has 122 valence electrons. The first-order valence-electron chi connectivity index (χ1n) is 7.71. The van der Waals surface area contributed by atoms with Crippen LogP contribution in [0.1, 0.15) is 17.7 Å². The first-order valence-corrected chi connectivity index (χ1v) is 8.59. The lowest BCUT2D eigenvalue weighted by Gasteiger charge is -2.25. The summed E-state index contributed by atoms with van der Waals surface area (Å²) < 4.78 is 0. The molecule has 0 bridgehead atoms. The second kappa shape index (κ2) is 6.54. The van der Waals surface area contributed by atoms with Crippen LogP contribution < -0.4 is 9.80 Å². The zero-order chi connectivity index (χ0) is 16.4. The van der Waals surface area contributed by atoms with Gasteiger partial charge in [-0.15, -0.1) is 11.3 Å². The van der Waals surface area contributed by atoms with E-state index in [1.807, 2.05) is 19.9 Å². The number of anilines is 2. The highest BCUT2D eigenvalue weighted by atomic mass is 32.1. The third kappa shape index (κ3) is 3.44. The molecular weight excluding hydrogens is 312 g/mol. The Bertz CT molecular complexity index is 716. The number of benzene rings is 1. The average molecular weight is 332 g/mol. The Balaban J connectivity index is 1.74. The second-order valence-corrected chi connectivity index (χ2v) is 6.66. The van der Waals surface area contributed by atoms with Crippen molar-refractivity contribution in [3.05, 3.63) is 45.0 Å². The number of thiazole rings is 1. The zero-order valence-corrected chi connectivity index (χ0v) is 14.2. The molecule has 1 aliphatic rings. The summed E-state index contributed by atoms with van der Waals surface area (Å²) in [4.78, 5) is 19.8. The van der Waals surface area contributed by atoms with E-state index in [4.69, 9.17) is 0 Å². The smallest absolute Gasteiger partial charge is 0.269 e. The van der Waals surface area contributed by atoms with E-state index in [1.54, 1.807) is 23.5 Å². The number of nitrogens with zero attached hydrogens (tertiary/aromatic N) is 4. The van der Waals surface area contributed by atoms with Gasteiger partial charge in [0.1, 0.15) is 0 Å². The van der Waals surface area contributed by atoms with E-state index in [-0.39, 0.29) is 10.6 Å². The van der Waals surface area contributed by atoms with Gasteiger partial charge in [-0.3, -0.25) is 10.1 Å². The third-order valence-corrected chi connectivity index (χ3v) is 5.12. The molecular formula is C16H20N4O2S. The lowest BCUT2D eigenvalue weighted by Crippen LogP contribution is -2.31. The first kappa shape index (κ1) is 15.7. The zero-order valence-electron chi connectivity index (χ0n) is 13.4. The quantitative estimate of drug-likeness (QED) is 0.637. The molecule has 2 aromatic rings. The monoisotopic (exact) mass is 332 g/mol. The number of aromatic nitrogens is 1. The van der Waals surface area contributed by atoms with Crippen LogP contribution in [-0.2, 0) is 0 Å². The molecule has 1 saturated heterocycles. The maximum atomic E-state index is 10.9. The summed E-state index contributed by atoms with van der Waals surface area (Å²) in [5.74, 6) is 0. The Morgan fingerprint density at radius 1 is 1.17 bits per heavy atom. The number of non-ortho nitro benzene ring substituents is 1. The summed E-state index contributed by atoms with van der Waals surface area (Å²) in [6.45, 7) is 7.73. The minimum atomic E-state index is -0.342. The van der Waals surface area contributed by atoms with E-state index in [2.05, 4.69) is 20.2 Å². The highest BCUT2D eigenvalue weighted by molar-refractivity contribution is 7.13. The van der Waals surface area contributed by atoms with Gasteiger partial charge >= 0.3 is 0 Å². The van der Waals surface area contributed by atoms with Gasteiger partial charge in [-0.05, 0) is 31.9 Å². The summed E-state index contributed by atoms with van der Waals surface area (Å²) in [5, 5.41) is 14.0. The van der Waals surface area contributed by atoms with Crippen molar-refractivity contribution in [2.45, 2.75) is 20.3 Å². The first-order chi connectivity index (χ1) is 11.0. The summed E-state index contributed by atoms with van der Waals surface area (Å²) in [6.07, 6.45) is 1.05. The van der Waals surface area contributed by atoms with Crippen LogP contribution in [0.25, 0.3) is 0 Å². The number of aryl methyl sites for hydroxylation is 2. The highest BCUT2D eigenvalue weighted by Crippen LogP contribution is 2.27. The predicted octanol–water partition coefficient (Wildman–Crippen LogP) is 3.38. The number of rotatable bonds is 3. The van der Waals surface area contributed by atoms with Crippen molar-refractivity contribution in [1.82, 2.24) is 4.98 Å². The molecule has 0 amide bonds. The van der Waals surface area contributed by atoms with Gasteiger partial charge in [-0.2, -0.15) is 0 Å². The van der Waals surface area contributed by atoms with E-state index < -0.39 is 0 Å². The molecule has 2 heterocycles. The lowest BCUT2D eigenvalue weighted by molar-refractivity contribution is -0.384. The minimum Gasteiger partial charge on any atom is -0.369 e. The van der Waals surface area contributed by atoms with Crippen LogP contribution in [0.5, 0.6) is 0 Å². The van der Waals surface area contributed by atoms with E-state index in [0.717, 1.165) is 54.7 Å². The Morgan fingerprint density at radius 3 is 2.57 bits per heavy atom. The summed E-state index contributed by atoms with van der Waals surface area (Å²) >= 11 is 1.69. The minimum absolute atomic E-state index is 0.154. The fraction of sp³-hybridized carbons (Fsp3) is 0.438. The molecule has 1 aromatic carbocycles. The Morgan fingerprint density at radius 2 is 1.91 bits per heavy atom. The van der Waals surface area contributed by atoms with Crippen molar-refractivity contribution in [2.24, 2.45) is 0 Å². The van der Waals surface area contributed by atoms with E-state index in [9.17, 15) is 10.1 Å². The summed E-state index contributed by atoms with van der Waals surface area (Å²) in [7, 11) is 0. The van der Waals surface area contributed by atoms with Crippen LogP contribution >= 0.6 is 11.3 Å². The van der Waals surface area contributed by atoms with Gasteiger partial charge in [0.2, 0.25) is 0 Å². The molecule has 0 aliphatic carbocycles. The molecule has 23 heavy (non-hydrogen) atoms. The molecule has 3 rings (SSSR count). The van der Waals surface area contributed by atoms with Gasteiger partial charge in [0, 0.05) is 49.4 Å². The number of hydrogen-bond acceptors (Lipinski definition) is 6. The maximum absolute atomic E-state index is 10.9. The molecule has 1 fully saturated rings. The van der Waals surface area contributed by atoms with Gasteiger partial charge in [-0.1, -0.05) is 0 Å². The Hall–Kier alpha value is -2.15. The van der Waals surface area contributed by atoms with Crippen LogP contribution in [-0.4, -0.2) is 36.1 Å². The third-order valence-electron chi connectivity index (χ3n) is 4.11. The van der Waals surface area contributed by atoms with Crippen LogP contribution in [0.4, 0.5) is 16.5 Å². The fourth-order valence-electron chi connectivity index (χ4n) is 2.94. The van der Waals surface area contributed by atoms with Gasteiger partial charge in [0.15, 0.2) is 5.13 Å². The Labute approximate surface area is 139 Å². The average Bonchev–Trinajstić information content (AvgIpc) is 2.81. The van der Waals surface area contributed by atoms with Crippen molar-refractivity contribution in [1.29, 1.82) is 0 Å². The molecule has 7 heteroatoms. The largest absolute Gasteiger partial charge is 0.369 e. The van der Waals surface area contributed by atoms with Gasteiger partial charge in [0.25, 0.3) is 5.69 Å². The molecule has 0 saturated carbocycles. The molecule has 0 N–H and O–H groups in total. The number of nitro groups is 1. The molecule has 1 aliphatic heterocycles. The molecule has 1 aromatic heterocycles. The van der Waals surface area contributed by atoms with Gasteiger partial charge < -0.3 is 9.80 Å². The van der Waals surface area contributed by atoms with Crippen LogP contribution in [0.15, 0.2) is 23.6 Å². The Kier molecular flexibility index (Phi) is 4.47. The van der Waals surface area contributed by atoms with E-state index in [1.165, 1.54) is 0 Å². The lowest BCUT2D eigenvalue weighted by atomic mass is 10.1. The van der Waals surface area contributed by atoms with Gasteiger partial charge in [0.05, 0.1) is 10.6 Å². The van der Waals surface area contributed by atoms with Crippen molar-refractivity contribution in [3.63, 3.8) is 0 Å². The number of nitro benzene ring substituents is 1. The van der Waals surface area contributed by atoms with E-state index in [0.29, 0.717) is 0 Å². The predicted molar refractivity (Wildman–Crippen MR) is 93.7 cm³/mol. The van der Waals surface area contributed by atoms with Crippen LogP contribution in [0.3, 0.4) is 0 Å². The SMILES string of the molecule is Cc1csc(N2CCCN(c3ccc([N+](=O)[O-])cc3C)CC2)n1. The summed E-state index contributed by atoms with van der Waals surface area (Å²) in [6, 6.07) is 5.12. The standard InChI is InChI=1S/C16H20N4O2S/c1-12-10-14(20(21)22)4-5-15(12)18-6-3-7-19(9-8-18)16-17-13(2)11-23-16/h4-5,10-11H,3,6-9H2,1-2H3.